The summed E-state index contributed by atoms with van der Waals surface area (Å²) in [5.74, 6) is 0.997. The lowest BCUT2D eigenvalue weighted by atomic mass is 10.1. The lowest BCUT2D eigenvalue weighted by Gasteiger charge is -2.10. The van der Waals surface area contributed by atoms with Crippen LogP contribution in [0.5, 0.6) is 5.75 Å². The smallest absolute Gasteiger partial charge is 0.136 e. The third-order valence-corrected chi connectivity index (χ3v) is 2.64. The molecule has 0 spiro atoms. The van der Waals surface area contributed by atoms with Crippen molar-refractivity contribution in [2.24, 2.45) is 0 Å². The van der Waals surface area contributed by atoms with Gasteiger partial charge in [0, 0.05) is 6.07 Å². The van der Waals surface area contributed by atoms with Gasteiger partial charge in [0.25, 0.3) is 0 Å². The first-order valence-electron chi connectivity index (χ1n) is 4.45. The SMILES string of the molecule is CCCc1cc[c]c(SC)c1OC. The Hall–Kier alpha value is -0.630. The molecular weight excluding hydrogens is 180 g/mol. The topological polar surface area (TPSA) is 9.23 Å². The molecule has 1 rings (SSSR count). The maximum atomic E-state index is 5.37. The molecule has 0 aliphatic carbocycles. The van der Waals surface area contributed by atoms with Gasteiger partial charge in [-0.05, 0) is 18.2 Å². The van der Waals surface area contributed by atoms with Crippen molar-refractivity contribution >= 4 is 11.8 Å². The predicted octanol–water partition coefficient (Wildman–Crippen LogP) is 3.17. The summed E-state index contributed by atoms with van der Waals surface area (Å²) < 4.78 is 5.37. The molecule has 1 aromatic carbocycles. The van der Waals surface area contributed by atoms with Crippen molar-refractivity contribution in [3.05, 3.63) is 23.8 Å². The lowest BCUT2D eigenvalue weighted by molar-refractivity contribution is 0.399. The molecule has 71 valence electrons. The molecule has 0 saturated carbocycles. The van der Waals surface area contributed by atoms with Crippen molar-refractivity contribution in [2.75, 3.05) is 13.4 Å². The number of ether oxygens (including phenoxy) is 1. The summed E-state index contributed by atoms with van der Waals surface area (Å²) in [5, 5.41) is 0. The van der Waals surface area contributed by atoms with Crippen LogP contribution < -0.4 is 4.74 Å². The Bertz CT molecular complexity index is 271. The third kappa shape index (κ3) is 2.41. The number of hydrogen-bond acceptors (Lipinski definition) is 2. The van der Waals surface area contributed by atoms with Crippen molar-refractivity contribution in [2.45, 2.75) is 24.7 Å². The van der Waals surface area contributed by atoms with E-state index in [2.05, 4.69) is 19.1 Å². The van der Waals surface area contributed by atoms with E-state index in [-0.39, 0.29) is 0 Å². The van der Waals surface area contributed by atoms with Gasteiger partial charge in [0.15, 0.2) is 0 Å². The second-order valence-electron chi connectivity index (χ2n) is 2.82. The van der Waals surface area contributed by atoms with Gasteiger partial charge in [0.1, 0.15) is 5.75 Å². The minimum atomic E-state index is 0.997. The van der Waals surface area contributed by atoms with E-state index in [4.69, 9.17) is 4.74 Å². The van der Waals surface area contributed by atoms with Crippen LogP contribution in [0, 0.1) is 6.07 Å². The van der Waals surface area contributed by atoms with E-state index in [0.717, 1.165) is 23.5 Å². The number of hydrogen-bond donors (Lipinski definition) is 0. The quantitative estimate of drug-likeness (QED) is 0.682. The minimum absolute atomic E-state index is 0.997. The Balaban J connectivity index is 3.03. The molecule has 0 aromatic heterocycles. The van der Waals surface area contributed by atoms with Crippen LogP contribution in [-0.4, -0.2) is 13.4 Å². The second kappa shape index (κ2) is 5.18. The van der Waals surface area contributed by atoms with E-state index >= 15 is 0 Å². The van der Waals surface area contributed by atoms with E-state index in [1.54, 1.807) is 18.9 Å². The summed E-state index contributed by atoms with van der Waals surface area (Å²) in [6.45, 7) is 2.18. The van der Waals surface area contributed by atoms with Crippen LogP contribution in [0.25, 0.3) is 0 Å². The molecule has 0 heterocycles. The zero-order chi connectivity index (χ0) is 9.68. The average Bonchev–Trinajstić information content (AvgIpc) is 2.18. The van der Waals surface area contributed by atoms with Crippen molar-refractivity contribution in [1.82, 2.24) is 0 Å². The highest BCUT2D eigenvalue weighted by molar-refractivity contribution is 7.98. The zero-order valence-electron chi connectivity index (χ0n) is 8.39. The summed E-state index contributed by atoms with van der Waals surface area (Å²) in [6.07, 6.45) is 4.27. The Morgan fingerprint density at radius 2 is 2.31 bits per heavy atom. The summed E-state index contributed by atoms with van der Waals surface area (Å²) in [6, 6.07) is 7.23. The number of rotatable bonds is 4. The van der Waals surface area contributed by atoms with Crippen LogP contribution in [0.1, 0.15) is 18.9 Å². The Kier molecular flexibility index (Phi) is 4.16. The lowest BCUT2D eigenvalue weighted by Crippen LogP contribution is -1.93. The fourth-order valence-electron chi connectivity index (χ4n) is 1.35. The van der Waals surface area contributed by atoms with Crippen molar-refractivity contribution < 1.29 is 4.74 Å². The van der Waals surface area contributed by atoms with Gasteiger partial charge in [-0.25, -0.2) is 0 Å². The molecule has 0 amide bonds. The van der Waals surface area contributed by atoms with Gasteiger partial charge < -0.3 is 4.74 Å². The Labute approximate surface area is 84.5 Å². The minimum Gasteiger partial charge on any atom is -0.495 e. The fraction of sp³-hybridized carbons (Fsp3) is 0.455. The standard InChI is InChI=1S/C11H15OS/c1-4-6-9-7-5-8-10(13-3)11(9)12-2/h5,7H,4,6H2,1-3H3. The summed E-state index contributed by atoms with van der Waals surface area (Å²) >= 11 is 1.68. The van der Waals surface area contributed by atoms with E-state index in [0.29, 0.717) is 0 Å². The van der Waals surface area contributed by atoms with Gasteiger partial charge in [-0.15, -0.1) is 11.8 Å². The zero-order valence-corrected chi connectivity index (χ0v) is 9.20. The van der Waals surface area contributed by atoms with Crippen LogP contribution in [0.15, 0.2) is 17.0 Å². The summed E-state index contributed by atoms with van der Waals surface area (Å²) in [5.41, 5.74) is 1.29. The molecule has 0 atom stereocenters. The molecule has 1 aromatic rings. The van der Waals surface area contributed by atoms with Crippen molar-refractivity contribution in [1.29, 1.82) is 0 Å². The van der Waals surface area contributed by atoms with Gasteiger partial charge in [-0.3, -0.25) is 0 Å². The molecule has 0 saturated heterocycles. The molecule has 0 fully saturated rings. The molecule has 2 heteroatoms. The molecule has 0 bridgehead atoms. The molecule has 13 heavy (non-hydrogen) atoms. The maximum Gasteiger partial charge on any atom is 0.136 e. The summed E-state index contributed by atoms with van der Waals surface area (Å²) in [4.78, 5) is 1.11. The van der Waals surface area contributed by atoms with Crippen LogP contribution in [0.3, 0.4) is 0 Å². The molecular formula is C11H15OS. The van der Waals surface area contributed by atoms with Crippen LogP contribution >= 0.6 is 11.8 Å². The number of aryl methyl sites for hydroxylation is 1. The van der Waals surface area contributed by atoms with E-state index in [1.165, 1.54) is 5.56 Å². The molecule has 1 radical (unpaired) electrons. The first-order valence-corrected chi connectivity index (χ1v) is 5.67. The summed E-state index contributed by atoms with van der Waals surface area (Å²) in [7, 11) is 1.72. The molecule has 0 N–H and O–H groups in total. The molecule has 1 nitrogen and oxygen atoms in total. The third-order valence-electron chi connectivity index (χ3n) is 1.92. The second-order valence-corrected chi connectivity index (χ2v) is 3.64. The van der Waals surface area contributed by atoms with Crippen LogP contribution in [-0.2, 0) is 6.42 Å². The normalized spacial score (nSPS) is 10.1. The fourth-order valence-corrected chi connectivity index (χ4v) is 1.93. The van der Waals surface area contributed by atoms with Crippen LogP contribution in [0.4, 0.5) is 0 Å². The molecule has 0 aliphatic heterocycles. The highest BCUT2D eigenvalue weighted by Crippen LogP contribution is 2.31. The Morgan fingerprint density at radius 1 is 1.54 bits per heavy atom. The number of methoxy groups -OCH3 is 1. The van der Waals surface area contributed by atoms with Crippen LogP contribution in [0.2, 0.25) is 0 Å². The largest absolute Gasteiger partial charge is 0.495 e. The van der Waals surface area contributed by atoms with Crippen molar-refractivity contribution in [3.63, 3.8) is 0 Å². The van der Waals surface area contributed by atoms with Gasteiger partial charge in [0.05, 0.1) is 12.0 Å². The van der Waals surface area contributed by atoms with Gasteiger partial charge in [0.2, 0.25) is 0 Å². The first-order chi connectivity index (χ1) is 6.33. The molecule has 0 unspecified atom stereocenters. The van der Waals surface area contributed by atoms with E-state index in [9.17, 15) is 0 Å². The maximum absolute atomic E-state index is 5.37. The van der Waals surface area contributed by atoms with Gasteiger partial charge >= 0.3 is 0 Å². The first kappa shape index (κ1) is 10.5. The van der Waals surface area contributed by atoms with E-state index in [1.807, 2.05) is 12.3 Å². The predicted molar refractivity (Wildman–Crippen MR) is 57.6 cm³/mol. The van der Waals surface area contributed by atoms with Crippen molar-refractivity contribution in [3.8, 4) is 5.75 Å². The Morgan fingerprint density at radius 3 is 2.85 bits per heavy atom. The average molecular weight is 195 g/mol. The highest BCUT2D eigenvalue weighted by Gasteiger charge is 2.06. The van der Waals surface area contributed by atoms with E-state index < -0.39 is 0 Å². The number of benzene rings is 1. The molecule has 0 aliphatic rings. The monoisotopic (exact) mass is 195 g/mol. The number of thioether (sulfide) groups is 1. The van der Waals surface area contributed by atoms with Gasteiger partial charge in [-0.2, -0.15) is 0 Å². The van der Waals surface area contributed by atoms with Gasteiger partial charge in [-0.1, -0.05) is 25.5 Å². The highest BCUT2D eigenvalue weighted by atomic mass is 32.2.